The minimum atomic E-state index is -3.28. The smallest absolute Gasteiger partial charge is 0.306 e. The molecule has 0 atom stereocenters. The lowest BCUT2D eigenvalue weighted by Gasteiger charge is -2.06. The minimum absolute atomic E-state index is 0.251. The van der Waals surface area contributed by atoms with Gasteiger partial charge < -0.3 is 4.74 Å². The Morgan fingerprint density at radius 3 is 2.72 bits per heavy atom. The van der Waals surface area contributed by atoms with E-state index in [0.29, 0.717) is 18.7 Å². The summed E-state index contributed by atoms with van der Waals surface area (Å²) < 4.78 is 29.4. The summed E-state index contributed by atoms with van der Waals surface area (Å²) in [6.07, 6.45) is 1.91. The van der Waals surface area contributed by atoms with Gasteiger partial charge in [-0.15, -0.1) is 0 Å². The van der Waals surface area contributed by atoms with Gasteiger partial charge >= 0.3 is 5.97 Å². The highest BCUT2D eigenvalue weighted by atomic mass is 32.2. The molecule has 0 spiro atoms. The van der Waals surface area contributed by atoms with E-state index in [-0.39, 0.29) is 12.4 Å². The minimum Gasteiger partial charge on any atom is -0.466 e. The van der Waals surface area contributed by atoms with E-state index in [9.17, 15) is 13.2 Å². The quantitative estimate of drug-likeness (QED) is 0.797. The van der Waals surface area contributed by atoms with Gasteiger partial charge in [0.25, 0.3) is 0 Å². The summed E-state index contributed by atoms with van der Waals surface area (Å²) in [7, 11) is -3.28. The van der Waals surface area contributed by atoms with E-state index in [1.165, 1.54) is 0 Å². The number of nitrogens with one attached hydrogen (secondary N) is 1. The normalized spacial score (nSPS) is 11.0. The zero-order chi connectivity index (χ0) is 13.6. The van der Waals surface area contributed by atoms with Crippen molar-refractivity contribution in [3.63, 3.8) is 0 Å². The first-order valence-corrected chi connectivity index (χ1v) is 7.52. The molecule has 1 aromatic rings. The van der Waals surface area contributed by atoms with Crippen LogP contribution in [0.3, 0.4) is 0 Å². The molecular weight excluding hydrogens is 254 g/mol. The highest BCUT2D eigenvalue weighted by Gasteiger charge is 2.05. The molecule has 0 aliphatic carbocycles. The first-order valence-electron chi connectivity index (χ1n) is 5.63. The Morgan fingerprint density at radius 1 is 1.39 bits per heavy atom. The number of rotatable bonds is 6. The summed E-state index contributed by atoms with van der Waals surface area (Å²) in [5.74, 6) is -0.251. The maximum absolute atomic E-state index is 11.2. The summed E-state index contributed by atoms with van der Waals surface area (Å²) in [6.45, 7) is 2.13. The van der Waals surface area contributed by atoms with E-state index in [1.807, 2.05) is 6.07 Å². The maximum atomic E-state index is 11.2. The first kappa shape index (κ1) is 14.5. The molecule has 0 saturated heterocycles. The average molecular weight is 271 g/mol. The molecule has 5 nitrogen and oxygen atoms in total. The molecule has 18 heavy (non-hydrogen) atoms. The molecule has 0 aliphatic rings. The molecule has 100 valence electrons. The zero-order valence-electron chi connectivity index (χ0n) is 10.5. The fraction of sp³-hybridized carbons (Fsp3) is 0.417. The molecule has 0 aromatic heterocycles. The number of hydrogen-bond acceptors (Lipinski definition) is 4. The second-order valence-corrected chi connectivity index (χ2v) is 5.63. The van der Waals surface area contributed by atoms with Gasteiger partial charge in [0.2, 0.25) is 10.0 Å². The largest absolute Gasteiger partial charge is 0.466 e. The SMILES string of the molecule is CCOC(=O)CCc1cccc(NS(C)(=O)=O)c1. The molecule has 6 heteroatoms. The fourth-order valence-corrected chi connectivity index (χ4v) is 2.04. The van der Waals surface area contributed by atoms with Gasteiger partial charge in [-0.05, 0) is 31.0 Å². The lowest BCUT2D eigenvalue weighted by Crippen LogP contribution is -2.10. The number of anilines is 1. The Kier molecular flexibility index (Phi) is 5.15. The van der Waals surface area contributed by atoms with Crippen molar-refractivity contribution in [1.82, 2.24) is 0 Å². The number of hydrogen-bond donors (Lipinski definition) is 1. The summed E-state index contributed by atoms with van der Waals surface area (Å²) in [6, 6.07) is 6.95. The Labute approximate surface area is 107 Å². The second kappa shape index (κ2) is 6.39. The average Bonchev–Trinajstić information content (AvgIpc) is 2.25. The molecule has 1 rings (SSSR count). The van der Waals surface area contributed by atoms with Gasteiger partial charge in [0.1, 0.15) is 0 Å². The topological polar surface area (TPSA) is 72.5 Å². The number of benzene rings is 1. The van der Waals surface area contributed by atoms with Crippen LogP contribution in [0.1, 0.15) is 18.9 Å². The Hall–Kier alpha value is -1.56. The molecule has 0 unspecified atom stereocenters. The monoisotopic (exact) mass is 271 g/mol. The van der Waals surface area contributed by atoms with Crippen LogP contribution in [0.15, 0.2) is 24.3 Å². The number of ether oxygens (including phenoxy) is 1. The van der Waals surface area contributed by atoms with E-state index in [2.05, 4.69) is 4.72 Å². The molecule has 0 aliphatic heterocycles. The van der Waals surface area contributed by atoms with E-state index < -0.39 is 10.0 Å². The van der Waals surface area contributed by atoms with Crippen LogP contribution >= 0.6 is 0 Å². The molecule has 0 radical (unpaired) electrons. The van der Waals surface area contributed by atoms with E-state index in [4.69, 9.17) is 4.74 Å². The van der Waals surface area contributed by atoms with Crippen molar-refractivity contribution < 1.29 is 17.9 Å². The second-order valence-electron chi connectivity index (χ2n) is 3.88. The van der Waals surface area contributed by atoms with Crippen molar-refractivity contribution in [2.75, 3.05) is 17.6 Å². The lowest BCUT2D eigenvalue weighted by atomic mass is 10.1. The van der Waals surface area contributed by atoms with E-state index in [0.717, 1.165) is 11.8 Å². The van der Waals surface area contributed by atoms with Crippen molar-refractivity contribution >= 4 is 21.7 Å². The van der Waals surface area contributed by atoms with Crippen molar-refractivity contribution in [2.24, 2.45) is 0 Å². The van der Waals surface area contributed by atoms with Crippen LogP contribution in [0.25, 0.3) is 0 Å². The third-order valence-corrected chi connectivity index (χ3v) is 2.76. The fourth-order valence-electron chi connectivity index (χ4n) is 1.48. The third kappa shape index (κ3) is 5.67. The third-order valence-electron chi connectivity index (χ3n) is 2.15. The molecule has 1 N–H and O–H groups in total. The highest BCUT2D eigenvalue weighted by molar-refractivity contribution is 7.92. The van der Waals surface area contributed by atoms with Crippen LogP contribution in [0, 0.1) is 0 Å². The van der Waals surface area contributed by atoms with Crippen LogP contribution in [-0.2, 0) is 26.0 Å². The number of esters is 1. The summed E-state index contributed by atoms with van der Waals surface area (Å²) in [4.78, 5) is 11.2. The van der Waals surface area contributed by atoms with E-state index >= 15 is 0 Å². The molecule has 0 bridgehead atoms. The Balaban J connectivity index is 2.62. The number of aryl methyl sites for hydroxylation is 1. The standard InChI is InChI=1S/C12H17NO4S/c1-3-17-12(14)8-7-10-5-4-6-11(9-10)13-18(2,15)16/h4-6,9,13H,3,7-8H2,1-2H3. The van der Waals surface area contributed by atoms with Gasteiger partial charge in [-0.3, -0.25) is 9.52 Å². The highest BCUT2D eigenvalue weighted by Crippen LogP contribution is 2.13. The molecule has 0 heterocycles. The van der Waals surface area contributed by atoms with Crippen molar-refractivity contribution in [3.05, 3.63) is 29.8 Å². The van der Waals surface area contributed by atoms with Gasteiger partial charge in [0.05, 0.1) is 12.9 Å². The molecule has 0 amide bonds. The number of sulfonamides is 1. The lowest BCUT2D eigenvalue weighted by molar-refractivity contribution is -0.143. The molecular formula is C12H17NO4S. The Morgan fingerprint density at radius 2 is 2.11 bits per heavy atom. The van der Waals surface area contributed by atoms with Crippen molar-refractivity contribution in [1.29, 1.82) is 0 Å². The molecule has 0 saturated carbocycles. The maximum Gasteiger partial charge on any atom is 0.306 e. The first-order chi connectivity index (χ1) is 8.40. The van der Waals surface area contributed by atoms with Gasteiger partial charge in [0, 0.05) is 12.1 Å². The Bertz CT molecular complexity index is 511. The molecule has 1 aromatic carbocycles. The van der Waals surface area contributed by atoms with Gasteiger partial charge in [0.15, 0.2) is 0 Å². The number of carbonyl (C=O) groups is 1. The molecule has 0 fully saturated rings. The zero-order valence-corrected chi connectivity index (χ0v) is 11.3. The van der Waals surface area contributed by atoms with Crippen LogP contribution < -0.4 is 4.72 Å². The van der Waals surface area contributed by atoms with Crippen molar-refractivity contribution in [2.45, 2.75) is 19.8 Å². The van der Waals surface area contributed by atoms with Crippen LogP contribution in [0.2, 0.25) is 0 Å². The predicted octanol–water partition coefficient (Wildman–Crippen LogP) is 1.55. The van der Waals surface area contributed by atoms with Crippen molar-refractivity contribution in [3.8, 4) is 0 Å². The van der Waals surface area contributed by atoms with Crippen LogP contribution in [-0.4, -0.2) is 27.2 Å². The summed E-state index contributed by atoms with van der Waals surface area (Å²) >= 11 is 0. The van der Waals surface area contributed by atoms with Crippen LogP contribution in [0.4, 0.5) is 5.69 Å². The van der Waals surface area contributed by atoms with Gasteiger partial charge in [-0.25, -0.2) is 8.42 Å². The van der Waals surface area contributed by atoms with Gasteiger partial charge in [-0.2, -0.15) is 0 Å². The summed E-state index contributed by atoms with van der Waals surface area (Å²) in [5, 5.41) is 0. The van der Waals surface area contributed by atoms with E-state index in [1.54, 1.807) is 25.1 Å². The number of carbonyl (C=O) groups excluding carboxylic acids is 1. The van der Waals surface area contributed by atoms with Gasteiger partial charge in [-0.1, -0.05) is 12.1 Å². The summed E-state index contributed by atoms with van der Waals surface area (Å²) in [5.41, 5.74) is 1.38. The van der Waals surface area contributed by atoms with Crippen LogP contribution in [0.5, 0.6) is 0 Å². The predicted molar refractivity (Wildman–Crippen MR) is 69.9 cm³/mol.